The Balaban J connectivity index is 1.15. The number of amides is 1. The first-order valence-corrected chi connectivity index (χ1v) is 12.5. The molecular formula is C27H23N5O3S. The largest absolute Gasteiger partial charge is 0.416 e. The van der Waals surface area contributed by atoms with Gasteiger partial charge in [-0.3, -0.25) is 4.79 Å². The Labute approximate surface area is 211 Å². The van der Waals surface area contributed by atoms with Crippen LogP contribution in [0.3, 0.4) is 0 Å². The summed E-state index contributed by atoms with van der Waals surface area (Å²) in [6, 6.07) is 20.8. The van der Waals surface area contributed by atoms with Gasteiger partial charge in [0.1, 0.15) is 0 Å². The number of rotatable bonds is 5. The third-order valence-corrected chi connectivity index (χ3v) is 7.11. The van der Waals surface area contributed by atoms with Gasteiger partial charge in [0, 0.05) is 35.5 Å². The fraction of sp³-hybridized carbons (Fsp3) is 0.185. The Bertz CT molecular complexity index is 1520. The molecule has 5 aromatic rings. The number of hydrogen-bond acceptors (Lipinski definition) is 8. The van der Waals surface area contributed by atoms with Gasteiger partial charge >= 0.3 is 0 Å². The molecule has 0 saturated carbocycles. The molecule has 0 unspecified atom stereocenters. The van der Waals surface area contributed by atoms with E-state index >= 15 is 0 Å². The third kappa shape index (κ3) is 4.58. The van der Waals surface area contributed by atoms with Crippen LogP contribution in [0.2, 0.25) is 0 Å². The molecule has 9 heteroatoms. The van der Waals surface area contributed by atoms with Crippen LogP contribution in [-0.2, 0) is 4.74 Å². The number of fused-ring (bicyclic) bond motifs is 1. The molecule has 1 aliphatic rings. The number of anilines is 2. The number of aryl methyl sites for hydroxylation is 1. The zero-order chi connectivity index (χ0) is 24.5. The molecule has 8 nitrogen and oxygen atoms in total. The van der Waals surface area contributed by atoms with Gasteiger partial charge in [-0.1, -0.05) is 29.0 Å². The zero-order valence-electron chi connectivity index (χ0n) is 19.6. The van der Waals surface area contributed by atoms with Crippen LogP contribution in [-0.4, -0.2) is 47.4 Å². The van der Waals surface area contributed by atoms with Gasteiger partial charge in [0.05, 0.1) is 23.4 Å². The normalized spacial score (nSPS) is 13.8. The Hall–Kier alpha value is -4.08. The number of benzene rings is 3. The van der Waals surface area contributed by atoms with Crippen molar-refractivity contribution in [3.8, 4) is 22.9 Å². The second-order valence-corrected chi connectivity index (χ2v) is 9.60. The predicted molar refractivity (Wildman–Crippen MR) is 141 cm³/mol. The van der Waals surface area contributed by atoms with E-state index in [4.69, 9.17) is 14.1 Å². The van der Waals surface area contributed by atoms with E-state index in [-0.39, 0.29) is 5.91 Å². The Morgan fingerprint density at radius 3 is 2.28 bits per heavy atom. The van der Waals surface area contributed by atoms with Crippen molar-refractivity contribution in [2.45, 2.75) is 6.92 Å². The number of aromatic nitrogens is 3. The fourth-order valence-corrected chi connectivity index (χ4v) is 5.06. The maximum Gasteiger partial charge on any atom is 0.255 e. The molecule has 180 valence electrons. The predicted octanol–water partition coefficient (Wildman–Crippen LogP) is 5.41. The summed E-state index contributed by atoms with van der Waals surface area (Å²) in [7, 11) is 0. The van der Waals surface area contributed by atoms with Crippen molar-refractivity contribution in [1.29, 1.82) is 0 Å². The second kappa shape index (κ2) is 9.52. The molecular weight excluding hydrogens is 474 g/mol. The number of nitrogens with one attached hydrogen (secondary N) is 1. The zero-order valence-corrected chi connectivity index (χ0v) is 20.4. The number of morpholine rings is 1. The third-order valence-electron chi connectivity index (χ3n) is 6.03. The molecule has 2 aromatic heterocycles. The van der Waals surface area contributed by atoms with E-state index in [2.05, 4.69) is 20.4 Å². The first kappa shape index (κ1) is 22.4. The molecule has 1 fully saturated rings. The van der Waals surface area contributed by atoms with Crippen LogP contribution in [0.15, 0.2) is 71.1 Å². The lowest BCUT2D eigenvalue weighted by Crippen LogP contribution is -2.36. The molecule has 1 aliphatic heterocycles. The summed E-state index contributed by atoms with van der Waals surface area (Å²) in [6.45, 7) is 5.15. The summed E-state index contributed by atoms with van der Waals surface area (Å²) < 4.78 is 12.3. The van der Waals surface area contributed by atoms with Crippen LogP contribution in [0, 0.1) is 6.92 Å². The highest BCUT2D eigenvalue weighted by Gasteiger charge is 2.16. The van der Waals surface area contributed by atoms with Crippen molar-refractivity contribution in [3.63, 3.8) is 0 Å². The van der Waals surface area contributed by atoms with E-state index < -0.39 is 0 Å². The lowest BCUT2D eigenvalue weighted by Gasteiger charge is -2.25. The number of carbonyl (C=O) groups is 1. The molecule has 1 N–H and O–H groups in total. The van der Waals surface area contributed by atoms with Crippen molar-refractivity contribution in [1.82, 2.24) is 15.2 Å². The van der Waals surface area contributed by atoms with Gasteiger partial charge in [-0.25, -0.2) is 4.98 Å². The Morgan fingerprint density at radius 1 is 0.917 bits per heavy atom. The van der Waals surface area contributed by atoms with Gasteiger partial charge in [0.15, 0.2) is 5.13 Å². The lowest BCUT2D eigenvalue weighted by molar-refractivity contribution is 0.102. The van der Waals surface area contributed by atoms with Gasteiger partial charge in [0.25, 0.3) is 5.91 Å². The molecule has 6 rings (SSSR count). The standard InChI is InChI=1S/C27H23N5O3S/c1-17-2-4-19(5-3-17)25-30-31-26(35-25)20-8-6-18(7-9-20)24(33)28-21-10-11-22-23(16-21)36-27(29-22)32-12-14-34-15-13-32/h2-11,16H,12-15H2,1H3,(H,28,33). The topological polar surface area (TPSA) is 93.4 Å². The van der Waals surface area contributed by atoms with E-state index in [1.165, 1.54) is 0 Å². The van der Waals surface area contributed by atoms with Crippen LogP contribution in [0.5, 0.6) is 0 Å². The Morgan fingerprint density at radius 2 is 1.58 bits per heavy atom. The molecule has 0 spiro atoms. The summed E-state index contributed by atoms with van der Waals surface area (Å²) >= 11 is 1.63. The van der Waals surface area contributed by atoms with Crippen molar-refractivity contribution in [2.24, 2.45) is 0 Å². The highest BCUT2D eigenvalue weighted by molar-refractivity contribution is 7.22. The quantitative estimate of drug-likeness (QED) is 0.347. The molecule has 1 saturated heterocycles. The summed E-state index contributed by atoms with van der Waals surface area (Å²) in [5, 5.41) is 12.3. The fourth-order valence-electron chi connectivity index (χ4n) is 4.00. The van der Waals surface area contributed by atoms with Crippen molar-refractivity contribution in [2.75, 3.05) is 36.5 Å². The van der Waals surface area contributed by atoms with Gasteiger partial charge in [0.2, 0.25) is 11.8 Å². The smallest absolute Gasteiger partial charge is 0.255 e. The van der Waals surface area contributed by atoms with Gasteiger partial charge in [-0.15, -0.1) is 10.2 Å². The summed E-state index contributed by atoms with van der Waals surface area (Å²) in [4.78, 5) is 19.8. The molecule has 3 aromatic carbocycles. The first-order chi connectivity index (χ1) is 17.6. The highest BCUT2D eigenvalue weighted by Crippen LogP contribution is 2.31. The van der Waals surface area contributed by atoms with E-state index in [0.717, 1.165) is 64.0 Å². The molecule has 36 heavy (non-hydrogen) atoms. The summed E-state index contributed by atoms with van der Waals surface area (Å²) in [5.74, 6) is 0.677. The van der Waals surface area contributed by atoms with E-state index in [9.17, 15) is 4.79 Å². The van der Waals surface area contributed by atoms with E-state index in [1.54, 1.807) is 23.5 Å². The molecule has 0 radical (unpaired) electrons. The number of thiazole rings is 1. The lowest BCUT2D eigenvalue weighted by atomic mass is 10.1. The molecule has 0 aliphatic carbocycles. The van der Waals surface area contributed by atoms with Crippen LogP contribution < -0.4 is 10.2 Å². The van der Waals surface area contributed by atoms with Crippen molar-refractivity contribution < 1.29 is 13.9 Å². The molecule has 3 heterocycles. The summed E-state index contributed by atoms with van der Waals surface area (Å²) in [6.07, 6.45) is 0. The monoisotopic (exact) mass is 497 g/mol. The first-order valence-electron chi connectivity index (χ1n) is 11.7. The summed E-state index contributed by atoms with van der Waals surface area (Å²) in [5.41, 5.74) is 4.97. The minimum absolute atomic E-state index is 0.190. The van der Waals surface area contributed by atoms with Crippen LogP contribution in [0.4, 0.5) is 10.8 Å². The second-order valence-electron chi connectivity index (χ2n) is 8.59. The SMILES string of the molecule is Cc1ccc(-c2nnc(-c3ccc(C(=O)Nc4ccc5nc(N6CCOCC6)sc5c4)cc3)o2)cc1. The van der Waals surface area contributed by atoms with Gasteiger partial charge < -0.3 is 19.4 Å². The number of hydrogen-bond donors (Lipinski definition) is 1. The number of carbonyl (C=O) groups excluding carboxylic acids is 1. The van der Waals surface area contributed by atoms with Crippen molar-refractivity contribution >= 4 is 38.3 Å². The van der Waals surface area contributed by atoms with Gasteiger partial charge in [-0.2, -0.15) is 0 Å². The maximum atomic E-state index is 12.9. The van der Waals surface area contributed by atoms with Gasteiger partial charge in [-0.05, 0) is 61.5 Å². The number of nitrogens with zero attached hydrogens (tertiary/aromatic N) is 4. The number of ether oxygens (including phenoxy) is 1. The maximum absolute atomic E-state index is 12.9. The van der Waals surface area contributed by atoms with Crippen molar-refractivity contribution in [3.05, 3.63) is 77.9 Å². The van der Waals surface area contributed by atoms with E-state index in [1.807, 2.05) is 61.5 Å². The molecule has 0 atom stereocenters. The molecule has 0 bridgehead atoms. The average molecular weight is 498 g/mol. The minimum Gasteiger partial charge on any atom is -0.416 e. The highest BCUT2D eigenvalue weighted by atomic mass is 32.1. The molecule has 1 amide bonds. The minimum atomic E-state index is -0.190. The van der Waals surface area contributed by atoms with Crippen LogP contribution >= 0.6 is 11.3 Å². The average Bonchev–Trinajstić information content (AvgIpc) is 3.57. The van der Waals surface area contributed by atoms with Crippen LogP contribution in [0.1, 0.15) is 15.9 Å². The Kier molecular flexibility index (Phi) is 5.92. The van der Waals surface area contributed by atoms with E-state index in [0.29, 0.717) is 17.3 Å². The van der Waals surface area contributed by atoms with Crippen LogP contribution in [0.25, 0.3) is 33.1 Å².